The second kappa shape index (κ2) is 5.87. The van der Waals surface area contributed by atoms with E-state index in [1.807, 2.05) is 24.4 Å². The SMILES string of the molecule is CCc1ccsc1C(=O)Nc1cc(Br)ccc1Cl. The summed E-state index contributed by atoms with van der Waals surface area (Å²) in [4.78, 5) is 12.9. The topological polar surface area (TPSA) is 29.1 Å². The summed E-state index contributed by atoms with van der Waals surface area (Å²) < 4.78 is 0.879. The van der Waals surface area contributed by atoms with Crippen molar-refractivity contribution >= 4 is 50.5 Å². The van der Waals surface area contributed by atoms with Crippen molar-refractivity contribution in [3.05, 3.63) is 49.6 Å². The lowest BCUT2D eigenvalue weighted by Gasteiger charge is -2.07. The number of aryl methyl sites for hydroxylation is 1. The molecule has 1 N–H and O–H groups in total. The van der Waals surface area contributed by atoms with Crippen molar-refractivity contribution in [3.63, 3.8) is 0 Å². The predicted octanol–water partition coefficient (Wildman–Crippen LogP) is 4.98. The van der Waals surface area contributed by atoms with Crippen LogP contribution in [0.1, 0.15) is 22.2 Å². The molecule has 0 aliphatic heterocycles. The fraction of sp³-hybridized carbons (Fsp3) is 0.154. The third kappa shape index (κ3) is 2.94. The Morgan fingerprint density at radius 2 is 2.22 bits per heavy atom. The van der Waals surface area contributed by atoms with Crippen LogP contribution in [0.25, 0.3) is 0 Å². The van der Waals surface area contributed by atoms with Gasteiger partial charge in [0.1, 0.15) is 0 Å². The van der Waals surface area contributed by atoms with Gasteiger partial charge in [-0.2, -0.15) is 0 Å². The van der Waals surface area contributed by atoms with E-state index in [0.29, 0.717) is 10.7 Å². The number of carbonyl (C=O) groups is 1. The highest BCUT2D eigenvalue weighted by Crippen LogP contribution is 2.27. The summed E-state index contributed by atoms with van der Waals surface area (Å²) in [6.07, 6.45) is 0.846. The Balaban J connectivity index is 2.24. The molecule has 2 rings (SSSR count). The van der Waals surface area contributed by atoms with Crippen LogP contribution in [0, 0.1) is 0 Å². The van der Waals surface area contributed by atoms with E-state index in [1.54, 1.807) is 12.1 Å². The van der Waals surface area contributed by atoms with Crippen LogP contribution in [0.5, 0.6) is 0 Å². The smallest absolute Gasteiger partial charge is 0.266 e. The van der Waals surface area contributed by atoms with E-state index in [4.69, 9.17) is 11.6 Å². The molecule has 0 radical (unpaired) electrons. The number of thiophene rings is 1. The third-order valence-electron chi connectivity index (χ3n) is 2.51. The molecule has 0 aliphatic rings. The maximum atomic E-state index is 12.1. The molecule has 0 unspecified atom stereocenters. The van der Waals surface area contributed by atoms with Crippen LogP contribution in [-0.4, -0.2) is 5.91 Å². The molecule has 0 spiro atoms. The first-order valence-corrected chi connectivity index (χ1v) is 7.49. The highest BCUT2D eigenvalue weighted by atomic mass is 79.9. The largest absolute Gasteiger partial charge is 0.320 e. The number of nitrogens with one attached hydrogen (secondary N) is 1. The molecule has 0 saturated carbocycles. The fourth-order valence-corrected chi connectivity index (χ4v) is 3.00. The number of benzene rings is 1. The molecule has 1 amide bonds. The molecule has 1 aromatic heterocycles. The monoisotopic (exact) mass is 343 g/mol. The lowest BCUT2D eigenvalue weighted by molar-refractivity contribution is 0.103. The lowest BCUT2D eigenvalue weighted by Crippen LogP contribution is -2.12. The third-order valence-corrected chi connectivity index (χ3v) is 4.29. The van der Waals surface area contributed by atoms with E-state index in [1.165, 1.54) is 11.3 Å². The van der Waals surface area contributed by atoms with E-state index in [-0.39, 0.29) is 5.91 Å². The van der Waals surface area contributed by atoms with Gasteiger partial charge >= 0.3 is 0 Å². The molecular formula is C13H11BrClNOS. The van der Waals surface area contributed by atoms with Gasteiger partial charge in [0.15, 0.2) is 0 Å². The second-order valence-corrected chi connectivity index (χ2v) is 5.95. The second-order valence-electron chi connectivity index (χ2n) is 3.71. The van der Waals surface area contributed by atoms with Crippen molar-refractivity contribution in [2.45, 2.75) is 13.3 Å². The lowest BCUT2D eigenvalue weighted by atomic mass is 10.2. The summed E-state index contributed by atoms with van der Waals surface area (Å²) >= 11 is 10.8. The van der Waals surface area contributed by atoms with Gasteiger partial charge < -0.3 is 5.32 Å². The molecule has 5 heteroatoms. The fourth-order valence-electron chi connectivity index (χ4n) is 1.59. The van der Waals surface area contributed by atoms with Crippen LogP contribution < -0.4 is 5.32 Å². The minimum Gasteiger partial charge on any atom is -0.320 e. The zero-order chi connectivity index (χ0) is 13.1. The highest BCUT2D eigenvalue weighted by Gasteiger charge is 2.13. The Morgan fingerprint density at radius 1 is 1.44 bits per heavy atom. The Hall–Kier alpha value is -0.840. The van der Waals surface area contributed by atoms with Gasteiger partial charge in [-0.25, -0.2) is 0 Å². The predicted molar refractivity (Wildman–Crippen MR) is 80.8 cm³/mol. The number of carbonyl (C=O) groups excluding carboxylic acids is 1. The van der Waals surface area contributed by atoms with E-state index in [0.717, 1.165) is 21.3 Å². The zero-order valence-electron chi connectivity index (χ0n) is 9.67. The van der Waals surface area contributed by atoms with E-state index in [2.05, 4.69) is 21.2 Å². The molecule has 0 saturated heterocycles. The first kappa shape index (κ1) is 13.6. The van der Waals surface area contributed by atoms with Crippen molar-refractivity contribution in [3.8, 4) is 0 Å². The Kier molecular flexibility index (Phi) is 4.43. The number of halogens is 2. The van der Waals surface area contributed by atoms with Crippen LogP contribution >= 0.6 is 38.9 Å². The van der Waals surface area contributed by atoms with Crippen LogP contribution in [0.2, 0.25) is 5.02 Å². The number of rotatable bonds is 3. The average Bonchev–Trinajstić information content (AvgIpc) is 2.82. The quantitative estimate of drug-likeness (QED) is 0.836. The standard InChI is InChI=1S/C13H11BrClNOS/c1-2-8-5-6-18-12(8)13(17)16-11-7-9(14)3-4-10(11)15/h3-7H,2H2,1H3,(H,16,17). The molecule has 1 aromatic carbocycles. The zero-order valence-corrected chi connectivity index (χ0v) is 12.8. The van der Waals surface area contributed by atoms with Gasteiger partial charge in [0.2, 0.25) is 0 Å². The van der Waals surface area contributed by atoms with E-state index in [9.17, 15) is 4.79 Å². The number of anilines is 1. The van der Waals surface area contributed by atoms with Crippen LogP contribution in [-0.2, 0) is 6.42 Å². The molecule has 18 heavy (non-hydrogen) atoms. The molecule has 2 aromatic rings. The summed E-state index contributed by atoms with van der Waals surface area (Å²) in [5.74, 6) is -0.109. The van der Waals surface area contributed by atoms with Crippen molar-refractivity contribution in [2.24, 2.45) is 0 Å². The molecule has 0 fully saturated rings. The molecule has 0 atom stereocenters. The number of hydrogen-bond acceptors (Lipinski definition) is 2. The maximum absolute atomic E-state index is 12.1. The van der Waals surface area contributed by atoms with Crippen molar-refractivity contribution in [1.29, 1.82) is 0 Å². The summed E-state index contributed by atoms with van der Waals surface area (Å²) in [6, 6.07) is 7.35. The summed E-state index contributed by atoms with van der Waals surface area (Å²) in [5.41, 5.74) is 1.68. The van der Waals surface area contributed by atoms with Crippen LogP contribution in [0.4, 0.5) is 5.69 Å². The highest BCUT2D eigenvalue weighted by molar-refractivity contribution is 9.10. The maximum Gasteiger partial charge on any atom is 0.266 e. The van der Waals surface area contributed by atoms with E-state index >= 15 is 0 Å². The normalized spacial score (nSPS) is 10.4. The summed E-state index contributed by atoms with van der Waals surface area (Å²) in [6.45, 7) is 2.03. The molecule has 94 valence electrons. The minimum absolute atomic E-state index is 0.109. The Bertz CT molecular complexity index is 582. The average molecular weight is 345 g/mol. The van der Waals surface area contributed by atoms with E-state index < -0.39 is 0 Å². The molecule has 2 nitrogen and oxygen atoms in total. The molecule has 0 aliphatic carbocycles. The van der Waals surface area contributed by atoms with Crippen LogP contribution in [0.3, 0.4) is 0 Å². The van der Waals surface area contributed by atoms with Crippen LogP contribution in [0.15, 0.2) is 34.1 Å². The van der Waals surface area contributed by atoms with Gasteiger partial charge in [0.25, 0.3) is 5.91 Å². The number of hydrogen-bond donors (Lipinski definition) is 1. The summed E-state index contributed by atoms with van der Waals surface area (Å²) in [7, 11) is 0. The molecular weight excluding hydrogens is 334 g/mol. The van der Waals surface area contributed by atoms with Gasteiger partial charge in [-0.15, -0.1) is 11.3 Å². The minimum atomic E-state index is -0.109. The van der Waals surface area contributed by atoms with Crippen molar-refractivity contribution in [2.75, 3.05) is 5.32 Å². The first-order chi connectivity index (χ1) is 8.61. The number of amides is 1. The summed E-state index contributed by atoms with van der Waals surface area (Å²) in [5, 5.41) is 5.29. The van der Waals surface area contributed by atoms with Gasteiger partial charge in [0.05, 0.1) is 15.6 Å². The Labute approximate surface area is 123 Å². The van der Waals surface area contributed by atoms with Gasteiger partial charge in [0, 0.05) is 4.47 Å². The van der Waals surface area contributed by atoms with Gasteiger partial charge in [-0.1, -0.05) is 34.5 Å². The van der Waals surface area contributed by atoms with Gasteiger partial charge in [-0.3, -0.25) is 4.79 Å². The van der Waals surface area contributed by atoms with Crippen molar-refractivity contribution in [1.82, 2.24) is 0 Å². The Morgan fingerprint density at radius 3 is 2.94 bits per heavy atom. The van der Waals surface area contributed by atoms with Crippen molar-refractivity contribution < 1.29 is 4.79 Å². The van der Waals surface area contributed by atoms with Gasteiger partial charge in [-0.05, 0) is 41.6 Å². The molecule has 1 heterocycles. The first-order valence-electron chi connectivity index (χ1n) is 5.44. The molecule has 0 bridgehead atoms.